The van der Waals surface area contributed by atoms with Crippen molar-refractivity contribution < 1.29 is 0 Å². The van der Waals surface area contributed by atoms with E-state index in [1.54, 1.807) is 0 Å². The maximum atomic E-state index is 2.73. The van der Waals surface area contributed by atoms with Gasteiger partial charge in [0.15, 0.2) is 0 Å². The summed E-state index contributed by atoms with van der Waals surface area (Å²) >= 11 is 0. The molecule has 0 saturated heterocycles. The molecule has 13 rings (SSSR count). The summed E-state index contributed by atoms with van der Waals surface area (Å²) in [5.41, 5.74) is 31.9. The number of hydrogen-bond acceptors (Lipinski definition) is 4. The van der Waals surface area contributed by atoms with Crippen molar-refractivity contribution in [3.8, 4) is 22.3 Å². The van der Waals surface area contributed by atoms with Gasteiger partial charge in [-0.3, -0.25) is 0 Å². The van der Waals surface area contributed by atoms with Crippen LogP contribution in [0.15, 0.2) is 109 Å². The zero-order chi connectivity index (χ0) is 46.0. The minimum absolute atomic E-state index is 0.0348. The lowest BCUT2D eigenvalue weighted by molar-refractivity contribution is 0.580. The van der Waals surface area contributed by atoms with Crippen LogP contribution < -0.4 is 30.2 Å². The molecule has 4 nitrogen and oxygen atoms in total. The van der Waals surface area contributed by atoms with Crippen molar-refractivity contribution in [2.75, 3.05) is 19.2 Å². The minimum Gasteiger partial charge on any atom is -0.359 e. The molecular weight excluding hydrogens is 798 g/mol. The molecule has 326 valence electrons. The standard InChI is InChI=1S/C60H60B2N4/c1-33-25-41-39-31-48-40(32-47(39)61-63(53(41)27-35(33)3)51-19-15-17-43-55(51)65(61)49-23-21-37(57(5,6)7)29-45(49)59(43,11)12)42-26-34(2)36(4)28-54(42)64-52-20-16-18-44-56(52)66(62(48)64)50-24-22-38(58(8,9)10)30-46(50)60(44,13)14/h15-32H,1-14H3. The lowest BCUT2D eigenvalue weighted by Crippen LogP contribution is -2.60. The predicted molar refractivity (Wildman–Crippen MR) is 283 cm³/mol. The second-order valence-electron chi connectivity index (χ2n) is 23.7. The van der Waals surface area contributed by atoms with E-state index in [4.69, 9.17) is 0 Å². The van der Waals surface area contributed by atoms with Crippen molar-refractivity contribution >= 4 is 70.4 Å². The Balaban J connectivity index is 1.12. The second kappa shape index (κ2) is 12.4. The van der Waals surface area contributed by atoms with Crippen molar-refractivity contribution in [1.29, 1.82) is 0 Å². The first-order valence-electron chi connectivity index (χ1n) is 24.3. The molecule has 0 radical (unpaired) electrons. The highest BCUT2D eigenvalue weighted by Gasteiger charge is 2.57. The van der Waals surface area contributed by atoms with E-state index < -0.39 is 0 Å². The van der Waals surface area contributed by atoms with Crippen LogP contribution in [0.4, 0.5) is 45.5 Å². The van der Waals surface area contributed by atoms with Crippen LogP contribution in [0, 0.1) is 27.7 Å². The minimum atomic E-state index is -0.182. The maximum absolute atomic E-state index is 2.73. The summed E-state index contributed by atoms with van der Waals surface area (Å²) in [6.45, 7) is 32.8. The Morgan fingerprint density at radius 2 is 0.742 bits per heavy atom. The SMILES string of the molecule is Cc1cc2c(cc1C)N1B(c3cc4c(cc3-2)B2N(c3cc(C)c(C)cc3-4)c3cccc4c3N2c2ccc(C(C)(C)C)cc2C4(C)C)N2c3ccc(C(C)(C)C)cc3C(C)(C)c3cccc1c32. The Hall–Kier alpha value is -6.13. The predicted octanol–water partition coefficient (Wildman–Crippen LogP) is 14.1. The zero-order valence-corrected chi connectivity index (χ0v) is 41.3. The van der Waals surface area contributed by atoms with Gasteiger partial charge < -0.3 is 19.2 Å². The van der Waals surface area contributed by atoms with Gasteiger partial charge in [0.2, 0.25) is 0 Å². The summed E-state index contributed by atoms with van der Waals surface area (Å²) in [6.07, 6.45) is 0. The Kier molecular flexibility index (Phi) is 7.57. The van der Waals surface area contributed by atoms with E-state index >= 15 is 0 Å². The topological polar surface area (TPSA) is 13.0 Å². The Bertz CT molecular complexity index is 3160. The molecule has 7 aromatic rings. The van der Waals surface area contributed by atoms with Crippen LogP contribution in [0.3, 0.4) is 0 Å². The van der Waals surface area contributed by atoms with E-state index in [1.165, 1.54) is 134 Å². The summed E-state index contributed by atoms with van der Waals surface area (Å²) < 4.78 is 0. The summed E-state index contributed by atoms with van der Waals surface area (Å²) in [6, 6.07) is 44.1. The van der Waals surface area contributed by atoms with Crippen molar-refractivity contribution in [2.45, 2.75) is 119 Å². The lowest BCUT2D eigenvalue weighted by atomic mass is 9.53. The van der Waals surface area contributed by atoms with Gasteiger partial charge in [0.25, 0.3) is 0 Å². The van der Waals surface area contributed by atoms with E-state index in [0.717, 1.165) is 0 Å². The average molecular weight is 859 g/mol. The van der Waals surface area contributed by atoms with Crippen molar-refractivity contribution in [1.82, 2.24) is 0 Å². The first-order chi connectivity index (χ1) is 31.2. The summed E-state index contributed by atoms with van der Waals surface area (Å²) in [4.78, 5) is 10.8. The molecule has 0 saturated carbocycles. The van der Waals surface area contributed by atoms with Crippen LogP contribution in [-0.4, -0.2) is 14.0 Å². The zero-order valence-electron chi connectivity index (χ0n) is 41.3. The number of anilines is 8. The molecule has 0 bridgehead atoms. The van der Waals surface area contributed by atoms with Gasteiger partial charge >= 0.3 is 14.0 Å². The van der Waals surface area contributed by atoms with Crippen LogP contribution in [0.1, 0.15) is 125 Å². The van der Waals surface area contributed by atoms with Gasteiger partial charge in [-0.25, -0.2) is 0 Å². The molecule has 7 aromatic carbocycles. The molecule has 6 heteroatoms. The van der Waals surface area contributed by atoms with Gasteiger partial charge in [-0.2, -0.15) is 0 Å². The van der Waals surface area contributed by atoms with E-state index in [2.05, 4.69) is 225 Å². The first-order valence-corrected chi connectivity index (χ1v) is 24.3. The van der Waals surface area contributed by atoms with E-state index in [0.29, 0.717) is 0 Å². The maximum Gasteiger partial charge on any atom is 0.421 e. The van der Waals surface area contributed by atoms with E-state index in [9.17, 15) is 0 Å². The third-order valence-corrected chi connectivity index (χ3v) is 17.0. The number of fused-ring (bicyclic) bond motifs is 20. The summed E-state index contributed by atoms with van der Waals surface area (Å²) in [5.74, 6) is 0. The number of para-hydroxylation sites is 2. The largest absolute Gasteiger partial charge is 0.421 e. The number of rotatable bonds is 0. The van der Waals surface area contributed by atoms with Crippen LogP contribution in [0.2, 0.25) is 0 Å². The normalized spacial score (nSPS) is 17.0. The molecule has 0 atom stereocenters. The van der Waals surface area contributed by atoms with Gasteiger partial charge in [0.05, 0.1) is 22.7 Å². The first kappa shape index (κ1) is 40.2. The highest BCUT2D eigenvalue weighted by molar-refractivity contribution is 6.89. The lowest BCUT2D eigenvalue weighted by Gasteiger charge is -2.44. The van der Waals surface area contributed by atoms with Gasteiger partial charge in [-0.1, -0.05) is 130 Å². The van der Waals surface area contributed by atoms with Gasteiger partial charge in [0.1, 0.15) is 0 Å². The molecule has 0 spiro atoms. The summed E-state index contributed by atoms with van der Waals surface area (Å²) in [7, 11) is 0. The monoisotopic (exact) mass is 859 g/mol. The number of aryl methyl sites for hydroxylation is 4. The second-order valence-corrected chi connectivity index (χ2v) is 23.7. The third kappa shape index (κ3) is 4.88. The van der Waals surface area contributed by atoms with Crippen molar-refractivity contribution in [3.05, 3.63) is 165 Å². The smallest absolute Gasteiger partial charge is 0.359 e. The number of hydrogen-bond donors (Lipinski definition) is 0. The molecule has 0 aliphatic carbocycles. The fraction of sp³-hybridized carbons (Fsp3) is 0.300. The molecule has 6 aliphatic rings. The number of benzene rings is 7. The molecule has 0 fully saturated rings. The quantitative estimate of drug-likeness (QED) is 0.141. The van der Waals surface area contributed by atoms with Crippen LogP contribution in [0.25, 0.3) is 22.3 Å². The Morgan fingerprint density at radius 1 is 0.364 bits per heavy atom. The Morgan fingerprint density at radius 3 is 1.12 bits per heavy atom. The molecule has 6 aliphatic heterocycles. The fourth-order valence-electron chi connectivity index (χ4n) is 13.0. The van der Waals surface area contributed by atoms with Crippen molar-refractivity contribution in [3.63, 3.8) is 0 Å². The highest BCUT2D eigenvalue weighted by atomic mass is 15.3. The van der Waals surface area contributed by atoms with Crippen LogP contribution in [-0.2, 0) is 21.7 Å². The van der Waals surface area contributed by atoms with E-state index in [1.807, 2.05) is 0 Å². The fourth-order valence-corrected chi connectivity index (χ4v) is 13.0. The van der Waals surface area contributed by atoms with E-state index in [-0.39, 0.29) is 35.6 Å². The molecular formula is C60H60B2N4. The van der Waals surface area contributed by atoms with Gasteiger partial charge in [0, 0.05) is 44.7 Å². The highest BCUT2D eigenvalue weighted by Crippen LogP contribution is 2.62. The van der Waals surface area contributed by atoms with Crippen LogP contribution in [0.5, 0.6) is 0 Å². The molecule has 0 N–H and O–H groups in total. The molecule has 0 amide bonds. The molecule has 6 heterocycles. The van der Waals surface area contributed by atoms with Gasteiger partial charge in [-0.05, 0) is 165 Å². The average Bonchev–Trinajstić information content (AvgIpc) is 3.80. The van der Waals surface area contributed by atoms with Gasteiger partial charge in [-0.15, -0.1) is 0 Å². The molecule has 0 unspecified atom stereocenters. The Labute approximate surface area is 393 Å². The molecule has 0 aromatic heterocycles. The third-order valence-electron chi connectivity index (χ3n) is 17.0. The summed E-state index contributed by atoms with van der Waals surface area (Å²) in [5, 5.41) is 0. The van der Waals surface area contributed by atoms with Crippen LogP contribution >= 0.6 is 0 Å². The number of nitrogens with zero attached hydrogens (tertiary/aromatic N) is 4. The van der Waals surface area contributed by atoms with Crippen molar-refractivity contribution in [2.24, 2.45) is 0 Å². The molecule has 66 heavy (non-hydrogen) atoms.